The first kappa shape index (κ1) is 14.3. The van der Waals surface area contributed by atoms with Gasteiger partial charge in [-0.05, 0) is 38.6 Å². The minimum Gasteiger partial charge on any atom is -0.324 e. The fraction of sp³-hybridized carbons (Fsp3) is 0.938. The Morgan fingerprint density at radius 3 is 2.55 bits per heavy atom. The maximum atomic E-state index is 12.6. The zero-order valence-electron chi connectivity index (χ0n) is 13.2. The first-order valence-electron chi connectivity index (χ1n) is 8.32. The Morgan fingerprint density at radius 2 is 2.00 bits per heavy atom. The Morgan fingerprint density at radius 1 is 1.35 bits per heavy atom. The fourth-order valence-corrected chi connectivity index (χ4v) is 3.87. The van der Waals surface area contributed by atoms with Crippen LogP contribution >= 0.6 is 0 Å². The second-order valence-electron chi connectivity index (χ2n) is 7.33. The second kappa shape index (κ2) is 5.30. The largest absolute Gasteiger partial charge is 0.324 e. The van der Waals surface area contributed by atoms with Crippen LogP contribution in [-0.4, -0.2) is 53.6 Å². The van der Waals surface area contributed by atoms with Gasteiger partial charge in [0.05, 0.1) is 11.7 Å². The second-order valence-corrected chi connectivity index (χ2v) is 7.33. The van der Waals surface area contributed by atoms with E-state index in [0.717, 1.165) is 32.0 Å². The molecule has 3 fully saturated rings. The van der Waals surface area contributed by atoms with Gasteiger partial charge < -0.3 is 9.80 Å². The van der Waals surface area contributed by atoms with Gasteiger partial charge in [-0.3, -0.25) is 10.1 Å². The molecule has 1 N–H and O–H groups in total. The summed E-state index contributed by atoms with van der Waals surface area (Å²) in [5, 5.41) is 3.59. The number of amides is 1. The average molecular weight is 279 g/mol. The van der Waals surface area contributed by atoms with Crippen LogP contribution in [0.2, 0.25) is 0 Å². The number of rotatable bonds is 5. The average Bonchev–Trinajstić information content (AvgIpc) is 2.88. The molecule has 3 rings (SSSR count). The van der Waals surface area contributed by atoms with Gasteiger partial charge in [0.1, 0.15) is 0 Å². The first-order chi connectivity index (χ1) is 9.53. The SMILES string of the molecule is CC(C)C1NC2(CC2)C(=O)N1CCN(C)C1CCCC1. The molecule has 1 atom stereocenters. The lowest BCUT2D eigenvalue weighted by atomic mass is 10.1. The molecule has 114 valence electrons. The molecule has 3 aliphatic rings. The van der Waals surface area contributed by atoms with Crippen LogP contribution in [0.4, 0.5) is 0 Å². The molecule has 1 amide bonds. The van der Waals surface area contributed by atoms with Crippen LogP contribution in [0.5, 0.6) is 0 Å². The molecule has 4 heteroatoms. The minimum absolute atomic E-state index is 0.166. The number of likely N-dealkylation sites (N-methyl/N-ethyl adjacent to an activating group) is 1. The number of carbonyl (C=O) groups is 1. The van der Waals surface area contributed by atoms with Crippen molar-refractivity contribution in [2.45, 2.75) is 70.1 Å². The van der Waals surface area contributed by atoms with E-state index >= 15 is 0 Å². The zero-order valence-corrected chi connectivity index (χ0v) is 13.2. The monoisotopic (exact) mass is 279 g/mol. The molecule has 4 nitrogen and oxygen atoms in total. The Bertz CT molecular complexity index is 372. The summed E-state index contributed by atoms with van der Waals surface area (Å²) in [6, 6.07) is 0.744. The van der Waals surface area contributed by atoms with Crippen LogP contribution in [0.15, 0.2) is 0 Å². The molecule has 0 aromatic rings. The summed E-state index contributed by atoms with van der Waals surface area (Å²) >= 11 is 0. The van der Waals surface area contributed by atoms with Crippen LogP contribution in [0.25, 0.3) is 0 Å². The van der Waals surface area contributed by atoms with E-state index in [0.29, 0.717) is 11.8 Å². The summed E-state index contributed by atoms with van der Waals surface area (Å²) in [6.45, 7) is 6.31. The van der Waals surface area contributed by atoms with Crippen molar-refractivity contribution in [1.82, 2.24) is 15.1 Å². The van der Waals surface area contributed by atoms with Crippen molar-refractivity contribution < 1.29 is 4.79 Å². The number of carbonyl (C=O) groups excluding carboxylic acids is 1. The summed E-state index contributed by atoms with van der Waals surface area (Å²) in [5.74, 6) is 0.840. The number of nitrogens with zero attached hydrogens (tertiary/aromatic N) is 2. The van der Waals surface area contributed by atoms with E-state index in [9.17, 15) is 4.79 Å². The van der Waals surface area contributed by atoms with Crippen molar-refractivity contribution in [2.24, 2.45) is 5.92 Å². The summed E-state index contributed by atoms with van der Waals surface area (Å²) < 4.78 is 0. The summed E-state index contributed by atoms with van der Waals surface area (Å²) in [4.78, 5) is 17.2. The Balaban J connectivity index is 1.58. The number of hydrogen-bond acceptors (Lipinski definition) is 3. The fourth-order valence-electron chi connectivity index (χ4n) is 3.87. The standard InChI is InChI=1S/C16H29N3O/c1-12(2)14-17-16(8-9-16)15(20)19(14)11-10-18(3)13-6-4-5-7-13/h12-14,17H,4-11H2,1-3H3. The van der Waals surface area contributed by atoms with E-state index in [2.05, 4.69) is 36.0 Å². The number of hydrogen-bond donors (Lipinski definition) is 1. The van der Waals surface area contributed by atoms with Crippen molar-refractivity contribution >= 4 is 5.91 Å². The van der Waals surface area contributed by atoms with E-state index < -0.39 is 0 Å². The van der Waals surface area contributed by atoms with Gasteiger partial charge in [-0.15, -0.1) is 0 Å². The predicted molar refractivity (Wildman–Crippen MR) is 80.3 cm³/mol. The summed E-state index contributed by atoms with van der Waals surface area (Å²) in [5.41, 5.74) is -0.166. The van der Waals surface area contributed by atoms with Crippen LogP contribution in [0.3, 0.4) is 0 Å². The van der Waals surface area contributed by atoms with Crippen LogP contribution in [0, 0.1) is 5.92 Å². The molecule has 0 radical (unpaired) electrons. The molecule has 1 aliphatic heterocycles. The lowest BCUT2D eigenvalue weighted by Crippen LogP contribution is -2.45. The van der Waals surface area contributed by atoms with E-state index in [1.165, 1.54) is 25.7 Å². The van der Waals surface area contributed by atoms with Crippen LogP contribution < -0.4 is 5.32 Å². The topological polar surface area (TPSA) is 35.6 Å². The van der Waals surface area contributed by atoms with Crippen molar-refractivity contribution in [3.05, 3.63) is 0 Å². The van der Waals surface area contributed by atoms with Crippen molar-refractivity contribution in [3.8, 4) is 0 Å². The van der Waals surface area contributed by atoms with Gasteiger partial charge in [0.25, 0.3) is 0 Å². The molecular formula is C16H29N3O. The molecule has 0 bridgehead atoms. The van der Waals surface area contributed by atoms with E-state index in [1.807, 2.05) is 0 Å². The maximum absolute atomic E-state index is 12.6. The van der Waals surface area contributed by atoms with Gasteiger partial charge >= 0.3 is 0 Å². The minimum atomic E-state index is -0.166. The quantitative estimate of drug-likeness (QED) is 0.833. The van der Waals surface area contributed by atoms with Crippen molar-refractivity contribution in [1.29, 1.82) is 0 Å². The third-order valence-corrected chi connectivity index (χ3v) is 5.45. The molecule has 0 aromatic heterocycles. The van der Waals surface area contributed by atoms with Gasteiger partial charge in [-0.1, -0.05) is 26.7 Å². The summed E-state index contributed by atoms with van der Waals surface area (Å²) in [7, 11) is 2.22. The Labute approximate surface area is 122 Å². The van der Waals surface area contributed by atoms with Crippen molar-refractivity contribution in [3.63, 3.8) is 0 Å². The predicted octanol–water partition coefficient (Wildman–Crippen LogP) is 1.81. The van der Waals surface area contributed by atoms with Crippen LogP contribution in [0.1, 0.15) is 52.4 Å². The molecule has 1 heterocycles. The normalized spacial score (nSPS) is 29.4. The van der Waals surface area contributed by atoms with Crippen LogP contribution in [-0.2, 0) is 4.79 Å². The lowest BCUT2D eigenvalue weighted by molar-refractivity contribution is -0.131. The van der Waals surface area contributed by atoms with Gasteiger partial charge in [0, 0.05) is 19.1 Å². The highest BCUT2D eigenvalue weighted by atomic mass is 16.2. The summed E-state index contributed by atoms with van der Waals surface area (Å²) in [6.07, 6.45) is 7.71. The molecule has 1 unspecified atom stereocenters. The Kier molecular flexibility index (Phi) is 3.80. The third-order valence-electron chi connectivity index (χ3n) is 5.45. The highest BCUT2D eigenvalue weighted by molar-refractivity contribution is 5.91. The Hall–Kier alpha value is -0.610. The van der Waals surface area contributed by atoms with Gasteiger partial charge in [0.15, 0.2) is 0 Å². The maximum Gasteiger partial charge on any atom is 0.244 e. The lowest BCUT2D eigenvalue weighted by Gasteiger charge is -2.31. The molecule has 1 spiro atoms. The van der Waals surface area contributed by atoms with Gasteiger partial charge in [-0.2, -0.15) is 0 Å². The molecular weight excluding hydrogens is 250 g/mol. The molecule has 1 saturated heterocycles. The zero-order chi connectivity index (χ0) is 14.3. The highest BCUT2D eigenvalue weighted by Gasteiger charge is 2.59. The third kappa shape index (κ3) is 2.48. The van der Waals surface area contributed by atoms with E-state index in [-0.39, 0.29) is 11.7 Å². The molecule has 2 aliphatic carbocycles. The van der Waals surface area contributed by atoms with Gasteiger partial charge in [-0.25, -0.2) is 0 Å². The molecule has 20 heavy (non-hydrogen) atoms. The van der Waals surface area contributed by atoms with Gasteiger partial charge in [0.2, 0.25) is 5.91 Å². The highest BCUT2D eigenvalue weighted by Crippen LogP contribution is 2.43. The molecule has 2 saturated carbocycles. The number of nitrogens with one attached hydrogen (secondary N) is 1. The molecule has 0 aromatic carbocycles. The smallest absolute Gasteiger partial charge is 0.244 e. The first-order valence-corrected chi connectivity index (χ1v) is 8.32. The van der Waals surface area contributed by atoms with Crippen molar-refractivity contribution in [2.75, 3.05) is 20.1 Å². The van der Waals surface area contributed by atoms with E-state index in [1.54, 1.807) is 0 Å². The van der Waals surface area contributed by atoms with E-state index in [4.69, 9.17) is 0 Å².